The molecule has 4 nitrogen and oxygen atoms in total. The first-order valence-corrected chi connectivity index (χ1v) is 7.41. The van der Waals surface area contributed by atoms with E-state index >= 15 is 0 Å². The Hall–Kier alpha value is -0.610. The third-order valence-corrected chi connectivity index (χ3v) is 3.28. The van der Waals surface area contributed by atoms with Gasteiger partial charge in [0.15, 0.2) is 0 Å². The van der Waals surface area contributed by atoms with Crippen molar-refractivity contribution < 1.29 is 9.53 Å². The van der Waals surface area contributed by atoms with Crippen LogP contribution in [0.25, 0.3) is 0 Å². The normalized spacial score (nSPS) is 13.6. The number of rotatable bonds is 10. The van der Waals surface area contributed by atoms with Gasteiger partial charge in [0, 0.05) is 18.7 Å². The van der Waals surface area contributed by atoms with E-state index in [2.05, 4.69) is 31.4 Å². The van der Waals surface area contributed by atoms with Gasteiger partial charge in [0.2, 0.25) is 5.91 Å². The SMILES string of the molecule is CCC(C)(C)NC(=O)C(C)NCCOCCC(C)C. The van der Waals surface area contributed by atoms with Crippen LogP contribution in [0.5, 0.6) is 0 Å². The summed E-state index contributed by atoms with van der Waals surface area (Å²) in [6.07, 6.45) is 2.00. The van der Waals surface area contributed by atoms with Gasteiger partial charge in [-0.25, -0.2) is 0 Å². The van der Waals surface area contributed by atoms with Gasteiger partial charge in [-0.2, -0.15) is 0 Å². The molecule has 0 spiro atoms. The molecular formula is C15H32N2O2. The minimum atomic E-state index is -0.181. The largest absolute Gasteiger partial charge is 0.380 e. The highest BCUT2D eigenvalue weighted by molar-refractivity contribution is 5.81. The predicted octanol–water partition coefficient (Wildman–Crippen LogP) is 2.33. The van der Waals surface area contributed by atoms with Gasteiger partial charge in [0.25, 0.3) is 0 Å². The van der Waals surface area contributed by atoms with Crippen molar-refractivity contribution >= 4 is 5.91 Å². The second-order valence-electron chi connectivity index (χ2n) is 6.20. The van der Waals surface area contributed by atoms with Gasteiger partial charge in [0.1, 0.15) is 0 Å². The maximum Gasteiger partial charge on any atom is 0.237 e. The number of amides is 1. The summed E-state index contributed by atoms with van der Waals surface area (Å²) in [5, 5.41) is 6.21. The molecule has 0 bridgehead atoms. The number of carbonyl (C=O) groups excluding carboxylic acids is 1. The standard InChI is InChI=1S/C15H32N2O2/c1-7-15(5,6)17-14(18)13(4)16-9-11-19-10-8-12(2)3/h12-13,16H,7-11H2,1-6H3,(H,17,18). The Kier molecular flexibility index (Phi) is 9.02. The molecule has 0 saturated carbocycles. The van der Waals surface area contributed by atoms with Gasteiger partial charge >= 0.3 is 0 Å². The number of hydrogen-bond donors (Lipinski definition) is 2. The maximum absolute atomic E-state index is 11.9. The van der Waals surface area contributed by atoms with Crippen LogP contribution >= 0.6 is 0 Å². The van der Waals surface area contributed by atoms with Gasteiger partial charge in [-0.3, -0.25) is 4.79 Å². The van der Waals surface area contributed by atoms with E-state index < -0.39 is 0 Å². The second-order valence-corrected chi connectivity index (χ2v) is 6.20. The first-order chi connectivity index (χ1) is 8.78. The summed E-state index contributed by atoms with van der Waals surface area (Å²) in [4.78, 5) is 11.9. The molecular weight excluding hydrogens is 240 g/mol. The lowest BCUT2D eigenvalue weighted by atomic mass is 10.0. The maximum atomic E-state index is 11.9. The molecule has 0 saturated heterocycles. The van der Waals surface area contributed by atoms with Gasteiger partial charge in [0.05, 0.1) is 12.6 Å². The summed E-state index contributed by atoms with van der Waals surface area (Å²) < 4.78 is 5.50. The van der Waals surface area contributed by atoms with Gasteiger partial charge in [-0.05, 0) is 39.5 Å². The van der Waals surface area contributed by atoms with Crippen molar-refractivity contribution in [1.82, 2.24) is 10.6 Å². The molecule has 1 unspecified atom stereocenters. The Bertz CT molecular complexity index is 253. The van der Waals surface area contributed by atoms with Crippen LogP contribution in [0.4, 0.5) is 0 Å². The van der Waals surface area contributed by atoms with E-state index in [1.165, 1.54) is 0 Å². The highest BCUT2D eigenvalue weighted by Gasteiger charge is 2.21. The molecule has 0 radical (unpaired) electrons. The Labute approximate surface area is 118 Å². The number of ether oxygens (including phenoxy) is 1. The summed E-state index contributed by atoms with van der Waals surface area (Å²) >= 11 is 0. The summed E-state index contributed by atoms with van der Waals surface area (Å²) in [6, 6.07) is -0.181. The lowest BCUT2D eigenvalue weighted by Crippen LogP contribution is -2.51. The van der Waals surface area contributed by atoms with Gasteiger partial charge in [-0.15, -0.1) is 0 Å². The van der Waals surface area contributed by atoms with Crippen molar-refractivity contribution in [3.05, 3.63) is 0 Å². The molecule has 0 aliphatic carbocycles. The Morgan fingerprint density at radius 2 is 1.84 bits per heavy atom. The first kappa shape index (κ1) is 18.4. The van der Waals surface area contributed by atoms with Crippen molar-refractivity contribution in [1.29, 1.82) is 0 Å². The molecule has 0 heterocycles. The van der Waals surface area contributed by atoms with Crippen LogP contribution in [0.1, 0.15) is 54.4 Å². The Morgan fingerprint density at radius 3 is 2.37 bits per heavy atom. The zero-order valence-electron chi connectivity index (χ0n) is 13.5. The van der Waals surface area contributed by atoms with Crippen molar-refractivity contribution in [2.24, 2.45) is 5.92 Å². The van der Waals surface area contributed by atoms with Crippen LogP contribution in [-0.2, 0) is 9.53 Å². The average Bonchev–Trinajstić information content (AvgIpc) is 2.32. The van der Waals surface area contributed by atoms with Crippen LogP contribution in [-0.4, -0.2) is 37.2 Å². The molecule has 0 aliphatic heterocycles. The molecule has 0 aromatic rings. The van der Waals surface area contributed by atoms with E-state index in [9.17, 15) is 4.79 Å². The summed E-state index contributed by atoms with van der Waals surface area (Å²) in [6.45, 7) is 14.5. The van der Waals surface area contributed by atoms with E-state index in [1.807, 2.05) is 20.8 Å². The number of hydrogen-bond acceptors (Lipinski definition) is 3. The van der Waals surface area contributed by atoms with Gasteiger partial charge in [-0.1, -0.05) is 20.8 Å². The molecule has 0 aliphatic rings. The predicted molar refractivity (Wildman–Crippen MR) is 80.3 cm³/mol. The summed E-state index contributed by atoms with van der Waals surface area (Å²) in [7, 11) is 0. The molecule has 1 amide bonds. The molecule has 0 rings (SSSR count). The van der Waals surface area contributed by atoms with Crippen molar-refractivity contribution in [3.8, 4) is 0 Å². The fourth-order valence-corrected chi connectivity index (χ4v) is 1.39. The number of carbonyl (C=O) groups is 1. The fourth-order valence-electron chi connectivity index (χ4n) is 1.39. The third kappa shape index (κ3) is 9.91. The second kappa shape index (κ2) is 9.32. The molecule has 19 heavy (non-hydrogen) atoms. The molecule has 0 aromatic heterocycles. The van der Waals surface area contributed by atoms with Crippen LogP contribution in [0.15, 0.2) is 0 Å². The topological polar surface area (TPSA) is 50.4 Å². The molecule has 4 heteroatoms. The smallest absolute Gasteiger partial charge is 0.237 e. The van der Waals surface area contributed by atoms with E-state index in [4.69, 9.17) is 4.74 Å². The van der Waals surface area contributed by atoms with Crippen LogP contribution in [0, 0.1) is 5.92 Å². The minimum Gasteiger partial charge on any atom is -0.380 e. The molecule has 2 N–H and O–H groups in total. The number of nitrogens with one attached hydrogen (secondary N) is 2. The Balaban J connectivity index is 3.68. The third-order valence-electron chi connectivity index (χ3n) is 3.28. The van der Waals surface area contributed by atoms with Crippen LogP contribution in [0.3, 0.4) is 0 Å². The average molecular weight is 272 g/mol. The highest BCUT2D eigenvalue weighted by atomic mass is 16.5. The quantitative estimate of drug-likeness (QED) is 0.600. The van der Waals surface area contributed by atoms with E-state index in [-0.39, 0.29) is 17.5 Å². The molecule has 0 fully saturated rings. The van der Waals surface area contributed by atoms with Crippen molar-refractivity contribution in [2.75, 3.05) is 19.8 Å². The summed E-state index contributed by atoms with van der Waals surface area (Å²) in [5.41, 5.74) is -0.138. The zero-order valence-corrected chi connectivity index (χ0v) is 13.5. The Morgan fingerprint density at radius 1 is 1.21 bits per heavy atom. The van der Waals surface area contributed by atoms with Crippen LogP contribution in [0.2, 0.25) is 0 Å². The molecule has 114 valence electrons. The molecule has 0 aromatic carbocycles. The van der Waals surface area contributed by atoms with E-state index in [0.29, 0.717) is 19.1 Å². The lowest BCUT2D eigenvalue weighted by molar-refractivity contribution is -0.124. The zero-order chi connectivity index (χ0) is 14.9. The van der Waals surface area contributed by atoms with Crippen molar-refractivity contribution in [2.45, 2.75) is 66.0 Å². The van der Waals surface area contributed by atoms with Crippen molar-refractivity contribution in [3.63, 3.8) is 0 Å². The monoisotopic (exact) mass is 272 g/mol. The van der Waals surface area contributed by atoms with E-state index in [1.54, 1.807) is 0 Å². The first-order valence-electron chi connectivity index (χ1n) is 7.41. The van der Waals surface area contributed by atoms with Gasteiger partial charge < -0.3 is 15.4 Å². The lowest BCUT2D eigenvalue weighted by Gasteiger charge is -2.26. The minimum absolute atomic E-state index is 0.0500. The highest BCUT2D eigenvalue weighted by Crippen LogP contribution is 2.06. The van der Waals surface area contributed by atoms with E-state index in [0.717, 1.165) is 19.4 Å². The molecule has 1 atom stereocenters. The summed E-state index contributed by atoms with van der Waals surface area (Å²) in [5.74, 6) is 0.725. The fraction of sp³-hybridized carbons (Fsp3) is 0.933. The van der Waals surface area contributed by atoms with Crippen LogP contribution < -0.4 is 10.6 Å².